The Hall–Kier alpha value is -1.79. The first-order chi connectivity index (χ1) is 9.74. The van der Waals surface area contributed by atoms with E-state index < -0.39 is 10.8 Å². The van der Waals surface area contributed by atoms with Crippen molar-refractivity contribution >= 4 is 16.5 Å². The number of nitrogens with one attached hydrogen (secondary N) is 1. The maximum absolute atomic E-state index is 12.2. The third kappa shape index (κ3) is 4.40. The molecule has 0 aliphatic carbocycles. The molecular formula is C17H23NOS. The quantitative estimate of drug-likeness (QED) is 0.632. The van der Waals surface area contributed by atoms with Crippen molar-refractivity contribution in [2.75, 3.05) is 5.32 Å². The number of rotatable bonds is 2. The van der Waals surface area contributed by atoms with Crippen LogP contribution in [0.5, 0.6) is 0 Å². The lowest BCUT2D eigenvalue weighted by Crippen LogP contribution is -2.13. The van der Waals surface area contributed by atoms with E-state index in [1.165, 1.54) is 0 Å². The van der Waals surface area contributed by atoms with Gasteiger partial charge in [0.1, 0.15) is 0 Å². The summed E-state index contributed by atoms with van der Waals surface area (Å²) in [6.45, 7) is 7.92. The lowest BCUT2D eigenvalue weighted by atomic mass is 10.2. The van der Waals surface area contributed by atoms with Crippen molar-refractivity contribution in [2.24, 2.45) is 0 Å². The van der Waals surface area contributed by atoms with E-state index >= 15 is 0 Å². The van der Waals surface area contributed by atoms with Crippen molar-refractivity contribution in [2.45, 2.75) is 39.0 Å². The zero-order valence-corrected chi connectivity index (χ0v) is 13.5. The van der Waals surface area contributed by atoms with Gasteiger partial charge in [0.05, 0.1) is 21.4 Å². The molecule has 0 spiro atoms. The van der Waals surface area contributed by atoms with Crippen LogP contribution >= 0.6 is 0 Å². The molecule has 0 bridgehead atoms. The minimum Gasteiger partial charge on any atom is -0.357 e. The molecule has 1 aliphatic heterocycles. The number of para-hydroxylation sites is 1. The van der Waals surface area contributed by atoms with Crippen molar-refractivity contribution < 1.29 is 4.21 Å². The smallest absolute Gasteiger partial charge is 0.0844 e. The molecule has 3 heteroatoms. The molecule has 2 nitrogen and oxygen atoms in total. The summed E-state index contributed by atoms with van der Waals surface area (Å²) in [5.41, 5.74) is 2.01. The normalized spacial score (nSPS) is 16.2. The van der Waals surface area contributed by atoms with Crippen molar-refractivity contribution in [3.63, 3.8) is 0 Å². The van der Waals surface area contributed by atoms with Gasteiger partial charge in [0.15, 0.2) is 0 Å². The average Bonchev–Trinajstić information content (AvgIpc) is 2.53. The van der Waals surface area contributed by atoms with Gasteiger partial charge in [0.25, 0.3) is 0 Å². The van der Waals surface area contributed by atoms with Crippen LogP contribution < -0.4 is 5.32 Å². The molecule has 0 fully saturated rings. The van der Waals surface area contributed by atoms with E-state index in [0.717, 1.165) is 27.6 Å². The molecule has 1 atom stereocenters. The topological polar surface area (TPSA) is 29.1 Å². The molecule has 1 heterocycles. The highest BCUT2D eigenvalue weighted by Crippen LogP contribution is 2.32. The SMILES string of the molecule is C#C.C/C=C\CC1=C(C)S(=O)c2ccccc2N1.CC. The lowest BCUT2D eigenvalue weighted by Gasteiger charge is -2.21. The van der Waals surface area contributed by atoms with Crippen LogP contribution in [-0.4, -0.2) is 4.21 Å². The molecule has 108 valence electrons. The lowest BCUT2D eigenvalue weighted by molar-refractivity contribution is 0.686. The van der Waals surface area contributed by atoms with Crippen LogP contribution in [0.3, 0.4) is 0 Å². The number of hydrogen-bond acceptors (Lipinski definition) is 2. The zero-order valence-electron chi connectivity index (χ0n) is 12.6. The van der Waals surface area contributed by atoms with Crippen molar-refractivity contribution in [3.8, 4) is 12.8 Å². The van der Waals surface area contributed by atoms with Crippen LogP contribution in [0.2, 0.25) is 0 Å². The fourth-order valence-corrected chi connectivity index (χ4v) is 2.90. The Kier molecular flexibility index (Phi) is 9.15. The minimum atomic E-state index is -1.01. The van der Waals surface area contributed by atoms with Crippen molar-refractivity contribution in [1.82, 2.24) is 0 Å². The second-order valence-corrected chi connectivity index (χ2v) is 5.29. The second-order valence-electron chi connectivity index (χ2n) is 3.70. The number of fused-ring (bicyclic) bond motifs is 1. The second kappa shape index (κ2) is 10.1. The van der Waals surface area contributed by atoms with Gasteiger partial charge in [-0.05, 0) is 26.0 Å². The molecule has 1 aromatic carbocycles. The van der Waals surface area contributed by atoms with Gasteiger partial charge >= 0.3 is 0 Å². The van der Waals surface area contributed by atoms with E-state index in [1.54, 1.807) is 0 Å². The molecule has 2 rings (SSSR count). The van der Waals surface area contributed by atoms with Crippen LogP contribution in [0.25, 0.3) is 0 Å². The first-order valence-electron chi connectivity index (χ1n) is 6.66. The summed E-state index contributed by atoms with van der Waals surface area (Å²) in [5, 5.41) is 3.35. The van der Waals surface area contributed by atoms with E-state index in [-0.39, 0.29) is 0 Å². The maximum Gasteiger partial charge on any atom is 0.0844 e. The molecule has 0 aromatic heterocycles. The number of terminal acetylenes is 1. The highest BCUT2D eigenvalue weighted by atomic mass is 32.2. The van der Waals surface area contributed by atoms with Crippen LogP contribution in [0.15, 0.2) is 51.9 Å². The van der Waals surface area contributed by atoms with Gasteiger partial charge < -0.3 is 5.32 Å². The molecule has 0 amide bonds. The van der Waals surface area contributed by atoms with E-state index in [2.05, 4.69) is 24.2 Å². The van der Waals surface area contributed by atoms with E-state index in [1.807, 2.05) is 58.0 Å². The summed E-state index contributed by atoms with van der Waals surface area (Å²) < 4.78 is 12.2. The molecule has 0 radical (unpaired) electrons. The summed E-state index contributed by atoms with van der Waals surface area (Å²) in [7, 11) is -1.01. The average molecular weight is 289 g/mol. The first kappa shape index (κ1) is 18.2. The summed E-state index contributed by atoms with van der Waals surface area (Å²) in [4.78, 5) is 1.81. The third-order valence-electron chi connectivity index (χ3n) is 2.63. The van der Waals surface area contributed by atoms with E-state index in [9.17, 15) is 4.21 Å². The molecule has 1 N–H and O–H groups in total. The maximum atomic E-state index is 12.2. The Bertz CT molecular complexity index is 527. The molecule has 1 aromatic rings. The fraction of sp³-hybridized carbons (Fsp3) is 0.294. The summed E-state index contributed by atoms with van der Waals surface area (Å²) >= 11 is 0. The number of hydrogen-bond donors (Lipinski definition) is 1. The molecule has 0 saturated carbocycles. The van der Waals surface area contributed by atoms with Gasteiger partial charge in [-0.25, -0.2) is 4.21 Å². The molecule has 20 heavy (non-hydrogen) atoms. The van der Waals surface area contributed by atoms with Crippen LogP contribution in [0.1, 0.15) is 34.1 Å². The van der Waals surface area contributed by atoms with E-state index in [0.29, 0.717) is 0 Å². The van der Waals surface area contributed by atoms with Gasteiger partial charge in [-0.3, -0.25) is 0 Å². The summed E-state index contributed by atoms with van der Waals surface area (Å²) in [6, 6.07) is 7.75. The number of benzene rings is 1. The van der Waals surface area contributed by atoms with Crippen molar-refractivity contribution in [1.29, 1.82) is 0 Å². The van der Waals surface area contributed by atoms with Crippen molar-refractivity contribution in [3.05, 3.63) is 47.0 Å². The Morgan fingerprint density at radius 2 is 1.85 bits per heavy atom. The largest absolute Gasteiger partial charge is 0.357 e. The highest BCUT2D eigenvalue weighted by molar-refractivity contribution is 7.89. The standard InChI is InChI=1S/C13H15NOS.C2H6.C2H2/c1-3-4-7-11-10(2)16(15)13-9-6-5-8-12(13)14-11;2*1-2/h3-6,8-9,14H,7H2,1-2H3;1-2H3;1-2H/b4-3-;;. The van der Waals surface area contributed by atoms with E-state index in [4.69, 9.17) is 0 Å². The first-order valence-corrected chi connectivity index (χ1v) is 7.81. The van der Waals surface area contributed by atoms with Crippen LogP contribution in [0, 0.1) is 12.8 Å². The van der Waals surface area contributed by atoms with Gasteiger partial charge in [0, 0.05) is 17.0 Å². The van der Waals surface area contributed by atoms with Crippen LogP contribution in [-0.2, 0) is 10.8 Å². The monoisotopic (exact) mass is 289 g/mol. The Morgan fingerprint density at radius 3 is 2.45 bits per heavy atom. The summed E-state index contributed by atoms with van der Waals surface area (Å²) in [5.74, 6) is 0. The van der Waals surface area contributed by atoms with Gasteiger partial charge in [-0.2, -0.15) is 0 Å². The van der Waals surface area contributed by atoms with Crippen LogP contribution in [0.4, 0.5) is 5.69 Å². The fourth-order valence-electron chi connectivity index (χ4n) is 1.69. The molecule has 1 aliphatic rings. The van der Waals surface area contributed by atoms with Gasteiger partial charge in [0.2, 0.25) is 0 Å². The Balaban J connectivity index is 0.000000829. The minimum absolute atomic E-state index is 0.808. The molecule has 1 unspecified atom stereocenters. The Morgan fingerprint density at radius 1 is 1.25 bits per heavy atom. The van der Waals surface area contributed by atoms with Gasteiger partial charge in [-0.1, -0.05) is 38.1 Å². The highest BCUT2D eigenvalue weighted by Gasteiger charge is 2.20. The third-order valence-corrected chi connectivity index (χ3v) is 4.19. The molecular weight excluding hydrogens is 266 g/mol. The number of anilines is 1. The molecule has 0 saturated heterocycles. The van der Waals surface area contributed by atoms with Gasteiger partial charge in [-0.15, -0.1) is 12.8 Å². The predicted octanol–water partition coefficient (Wildman–Crippen LogP) is 4.69. The predicted molar refractivity (Wildman–Crippen MR) is 89.8 cm³/mol. The zero-order chi connectivity index (χ0) is 15.5. The summed E-state index contributed by atoms with van der Waals surface area (Å²) in [6.07, 6.45) is 12.9. The Labute approximate surface area is 125 Å². The number of allylic oxidation sites excluding steroid dienone is 3.